The molecule has 3 nitrogen and oxygen atoms in total. The van der Waals surface area contributed by atoms with Crippen molar-refractivity contribution in [2.45, 2.75) is 5.41 Å². The Kier molecular flexibility index (Phi) is 7.32. The molecule has 0 bridgehead atoms. The van der Waals surface area contributed by atoms with Crippen LogP contribution in [-0.4, -0.2) is 0 Å². The van der Waals surface area contributed by atoms with Crippen LogP contribution in [0.25, 0.3) is 88.4 Å². The van der Waals surface area contributed by atoms with Gasteiger partial charge >= 0.3 is 0 Å². The second-order valence-corrected chi connectivity index (χ2v) is 17.1. The third-order valence-corrected chi connectivity index (χ3v) is 13.9. The minimum Gasteiger partial charge on any atom is -0.456 e. The Hall–Kier alpha value is -8.40. The van der Waals surface area contributed by atoms with E-state index in [2.05, 4.69) is 223 Å². The van der Waals surface area contributed by atoms with E-state index in [9.17, 15) is 0 Å². The third-order valence-electron chi connectivity index (χ3n) is 13.9. The molecule has 0 saturated carbocycles. The monoisotopic (exact) mass is 815 g/mol. The third kappa shape index (κ3) is 4.81. The van der Waals surface area contributed by atoms with Crippen molar-refractivity contribution in [1.82, 2.24) is 0 Å². The molecule has 0 amide bonds. The molecule has 0 saturated heterocycles. The first-order valence-electron chi connectivity index (χ1n) is 22.0. The standard InChI is InChI=1S/C61H37NO2/c1-3-15-38(16-4-1)39-27-30-42(31-28-39)62(41-17-5-2-6-18-41)43-32-34-48-50-37-57-59(49-22-10-14-26-55(49)63-57)58(60(50)64-56(48)36-43)40-29-33-47-46-21-9-13-25-53(46)61(54(47)35-40)51-23-11-7-19-44(51)45-20-8-12-24-52(45)61/h1-37H. The summed E-state index contributed by atoms with van der Waals surface area (Å²) >= 11 is 0. The van der Waals surface area contributed by atoms with E-state index >= 15 is 0 Å². The number of fused-ring (bicyclic) bond motifs is 16. The van der Waals surface area contributed by atoms with Gasteiger partial charge in [-0.3, -0.25) is 0 Å². The Morgan fingerprint density at radius 1 is 0.312 bits per heavy atom. The second kappa shape index (κ2) is 13.3. The Labute approximate surface area is 369 Å². The number of hydrogen-bond acceptors (Lipinski definition) is 3. The van der Waals surface area contributed by atoms with E-state index in [4.69, 9.17) is 8.83 Å². The van der Waals surface area contributed by atoms with Gasteiger partial charge in [-0.1, -0.05) is 164 Å². The van der Waals surface area contributed by atoms with Gasteiger partial charge in [0.2, 0.25) is 0 Å². The van der Waals surface area contributed by atoms with Crippen LogP contribution in [0.2, 0.25) is 0 Å². The van der Waals surface area contributed by atoms with Gasteiger partial charge in [-0.2, -0.15) is 0 Å². The van der Waals surface area contributed by atoms with Crippen LogP contribution in [0.4, 0.5) is 17.1 Å². The molecule has 2 heterocycles. The minimum absolute atomic E-state index is 0.469. The number of nitrogens with zero attached hydrogens (tertiary/aromatic N) is 1. The summed E-state index contributed by atoms with van der Waals surface area (Å²) in [5.74, 6) is 0. The fourth-order valence-electron chi connectivity index (χ4n) is 11.2. The van der Waals surface area contributed by atoms with Gasteiger partial charge in [0.1, 0.15) is 22.3 Å². The van der Waals surface area contributed by atoms with E-state index in [0.29, 0.717) is 0 Å². The summed E-state index contributed by atoms with van der Waals surface area (Å²) in [5, 5.41) is 4.19. The molecule has 0 aliphatic heterocycles. The lowest BCUT2D eigenvalue weighted by atomic mass is 9.70. The average molecular weight is 816 g/mol. The molecule has 2 aliphatic carbocycles. The largest absolute Gasteiger partial charge is 0.456 e. The van der Waals surface area contributed by atoms with E-state index in [1.54, 1.807) is 0 Å². The van der Waals surface area contributed by atoms with Crippen molar-refractivity contribution in [2.24, 2.45) is 0 Å². The maximum absolute atomic E-state index is 7.25. The summed E-state index contributed by atoms with van der Waals surface area (Å²) in [4.78, 5) is 2.30. The van der Waals surface area contributed by atoms with E-state index in [1.165, 1.54) is 55.6 Å². The molecule has 12 aromatic rings. The van der Waals surface area contributed by atoms with Crippen molar-refractivity contribution in [3.05, 3.63) is 247 Å². The molecule has 14 rings (SSSR count). The van der Waals surface area contributed by atoms with Crippen molar-refractivity contribution in [1.29, 1.82) is 0 Å². The lowest BCUT2D eigenvalue weighted by Crippen LogP contribution is -2.25. The summed E-state index contributed by atoms with van der Waals surface area (Å²) in [7, 11) is 0. The SMILES string of the molecule is c1ccc(-c2ccc(N(c3ccccc3)c3ccc4c(c3)oc3c(-c5ccc6c(c5)C5(c7ccccc7-c7ccccc75)c5ccccc5-6)c5c(cc34)oc3ccccc35)cc2)cc1. The van der Waals surface area contributed by atoms with Crippen LogP contribution in [0, 0.1) is 0 Å². The molecule has 0 unspecified atom stereocenters. The first-order valence-corrected chi connectivity index (χ1v) is 22.0. The Bertz CT molecular complexity index is 3780. The first-order chi connectivity index (χ1) is 31.7. The van der Waals surface area contributed by atoms with Crippen molar-refractivity contribution < 1.29 is 8.83 Å². The molecule has 298 valence electrons. The Morgan fingerprint density at radius 3 is 1.56 bits per heavy atom. The zero-order valence-corrected chi connectivity index (χ0v) is 34.6. The lowest BCUT2D eigenvalue weighted by Gasteiger charge is -2.30. The number of rotatable bonds is 5. The molecular weight excluding hydrogens is 779 g/mol. The van der Waals surface area contributed by atoms with Gasteiger partial charge in [-0.15, -0.1) is 0 Å². The van der Waals surface area contributed by atoms with Gasteiger partial charge in [-0.25, -0.2) is 0 Å². The summed E-state index contributed by atoms with van der Waals surface area (Å²) < 4.78 is 14.0. The second-order valence-electron chi connectivity index (χ2n) is 17.1. The van der Waals surface area contributed by atoms with Gasteiger partial charge in [0.05, 0.1) is 5.41 Å². The summed E-state index contributed by atoms with van der Waals surface area (Å²) in [6.45, 7) is 0. The molecule has 10 aromatic carbocycles. The van der Waals surface area contributed by atoms with Crippen LogP contribution < -0.4 is 4.90 Å². The van der Waals surface area contributed by atoms with Crippen LogP contribution in [0.5, 0.6) is 0 Å². The Balaban J connectivity index is 1.01. The van der Waals surface area contributed by atoms with Crippen LogP contribution in [0.3, 0.4) is 0 Å². The quantitative estimate of drug-likeness (QED) is 0.173. The molecule has 2 aromatic heterocycles. The highest BCUT2D eigenvalue weighted by molar-refractivity contribution is 6.24. The predicted molar refractivity (Wildman–Crippen MR) is 263 cm³/mol. The zero-order chi connectivity index (χ0) is 41.9. The van der Waals surface area contributed by atoms with Crippen molar-refractivity contribution in [2.75, 3.05) is 4.90 Å². The summed E-state index contributed by atoms with van der Waals surface area (Å²) in [5.41, 5.74) is 20.9. The number of para-hydroxylation sites is 2. The molecule has 0 N–H and O–H groups in total. The Morgan fingerprint density at radius 2 is 0.859 bits per heavy atom. The van der Waals surface area contributed by atoms with Crippen molar-refractivity contribution in [3.8, 4) is 44.5 Å². The van der Waals surface area contributed by atoms with Crippen LogP contribution in [0.15, 0.2) is 233 Å². The predicted octanol–water partition coefficient (Wildman–Crippen LogP) is 16.6. The van der Waals surface area contributed by atoms with E-state index in [-0.39, 0.29) is 0 Å². The topological polar surface area (TPSA) is 29.5 Å². The van der Waals surface area contributed by atoms with Crippen molar-refractivity contribution >= 4 is 60.9 Å². The zero-order valence-electron chi connectivity index (χ0n) is 34.6. The smallest absolute Gasteiger partial charge is 0.144 e. The maximum Gasteiger partial charge on any atom is 0.144 e. The normalized spacial score (nSPS) is 13.1. The summed E-state index contributed by atoms with van der Waals surface area (Å²) in [6, 6.07) is 81.2. The fraction of sp³-hybridized carbons (Fsp3) is 0.0164. The van der Waals surface area contributed by atoms with Crippen LogP contribution in [0.1, 0.15) is 22.3 Å². The highest BCUT2D eigenvalue weighted by Crippen LogP contribution is 2.63. The lowest BCUT2D eigenvalue weighted by molar-refractivity contribution is 0.664. The fourth-order valence-corrected chi connectivity index (χ4v) is 11.2. The van der Waals surface area contributed by atoms with Crippen molar-refractivity contribution in [3.63, 3.8) is 0 Å². The molecule has 0 atom stereocenters. The highest BCUT2D eigenvalue weighted by atomic mass is 16.3. The number of benzene rings is 10. The van der Waals surface area contributed by atoms with Gasteiger partial charge in [0.15, 0.2) is 0 Å². The summed E-state index contributed by atoms with van der Waals surface area (Å²) in [6.07, 6.45) is 0. The highest BCUT2D eigenvalue weighted by Gasteiger charge is 2.51. The molecule has 0 fully saturated rings. The van der Waals surface area contributed by atoms with Gasteiger partial charge in [-0.05, 0) is 116 Å². The molecule has 2 aliphatic rings. The number of furan rings is 2. The molecule has 0 radical (unpaired) electrons. The van der Waals surface area contributed by atoms with E-state index in [0.717, 1.165) is 72.1 Å². The van der Waals surface area contributed by atoms with Gasteiger partial charge < -0.3 is 13.7 Å². The van der Waals surface area contributed by atoms with E-state index < -0.39 is 5.41 Å². The minimum atomic E-state index is -0.469. The van der Waals surface area contributed by atoms with Crippen LogP contribution >= 0.6 is 0 Å². The van der Waals surface area contributed by atoms with Gasteiger partial charge in [0, 0.05) is 50.2 Å². The number of anilines is 3. The average Bonchev–Trinajstić information content (AvgIpc) is 4.09. The molecule has 1 spiro atoms. The molecular formula is C61H37NO2. The first kappa shape index (κ1) is 35.2. The van der Waals surface area contributed by atoms with E-state index in [1.807, 2.05) is 6.07 Å². The maximum atomic E-state index is 7.25. The number of hydrogen-bond donors (Lipinski definition) is 0. The van der Waals surface area contributed by atoms with Gasteiger partial charge in [0.25, 0.3) is 0 Å². The molecule has 3 heteroatoms. The molecule has 64 heavy (non-hydrogen) atoms. The van der Waals surface area contributed by atoms with Crippen LogP contribution in [-0.2, 0) is 5.41 Å².